The van der Waals surface area contributed by atoms with Crippen LogP contribution in [0.15, 0.2) is 60.9 Å². The predicted molar refractivity (Wildman–Crippen MR) is 218 cm³/mol. The van der Waals surface area contributed by atoms with Gasteiger partial charge in [0.2, 0.25) is 11.8 Å². The largest absolute Gasteiger partial charge is 0.489 e. The molecule has 4 aromatic rings. The zero-order valence-electron chi connectivity index (χ0n) is 33.8. The van der Waals surface area contributed by atoms with Gasteiger partial charge in [0.25, 0.3) is 17.7 Å². The number of carbonyl (C=O) groups is 5. The maximum atomic E-state index is 14.4. The number of fused-ring (bicyclic) bond motifs is 1. The second-order valence-corrected chi connectivity index (χ2v) is 17.4. The summed E-state index contributed by atoms with van der Waals surface area (Å²) in [6.45, 7) is 11.9. The average molecular weight is 833 g/mol. The summed E-state index contributed by atoms with van der Waals surface area (Å²) in [7, 11) is 0. The fraction of sp³-hybridized carbons (Fsp3) is 0.419. The summed E-state index contributed by atoms with van der Waals surface area (Å²) in [4.78, 5) is 78.4. The maximum absolute atomic E-state index is 14.4. The zero-order chi connectivity index (χ0) is 42.7. The molecule has 1 aliphatic carbocycles. The third-order valence-electron chi connectivity index (χ3n) is 12.4. The van der Waals surface area contributed by atoms with Gasteiger partial charge in [0.1, 0.15) is 29.8 Å². The number of pyridine rings is 1. The topological polar surface area (TPSA) is 201 Å². The minimum absolute atomic E-state index is 0.0159. The van der Waals surface area contributed by atoms with E-state index in [1.807, 2.05) is 46.0 Å². The second kappa shape index (κ2) is 15.4. The first-order valence-electron chi connectivity index (χ1n) is 20.0. The number of aryl methyl sites for hydroxylation is 1. The molecule has 2 N–H and O–H groups in total. The Morgan fingerprint density at radius 2 is 1.68 bits per heavy atom. The molecule has 2 aromatic carbocycles. The van der Waals surface area contributed by atoms with Gasteiger partial charge in [0.15, 0.2) is 0 Å². The third-order valence-corrected chi connectivity index (χ3v) is 12.7. The molecular weight excluding hydrogens is 788 g/mol. The van der Waals surface area contributed by atoms with Gasteiger partial charge in [-0.1, -0.05) is 44.5 Å². The molecule has 17 heteroatoms. The standard InChI is InChI=1S/C43H45ClN10O6/c1-42(2)40(43(3,4)41(42)60-29-10-7-25(22-45)32(44)21-29)54-35(55)14-12-33(39(54)59)53-37(57)30-11-9-28(20-31(30)38(53)58)52-24-27(48-49-52)6-5-15-50-16-18-51(19-17-50)34-13-8-26(23-47-34)36(46)56/h7-11,13,20-21,23-24,33,40-41H,5-6,12,14-19H2,1-4H3,(H2,46,56). The van der Waals surface area contributed by atoms with E-state index >= 15 is 0 Å². The van der Waals surface area contributed by atoms with Crippen LogP contribution in [0.4, 0.5) is 5.82 Å². The summed E-state index contributed by atoms with van der Waals surface area (Å²) in [6, 6.07) is 13.5. The molecule has 5 amide bonds. The number of nitrogens with zero attached hydrogens (tertiary/aromatic N) is 9. The Bertz CT molecular complexity index is 2440. The van der Waals surface area contributed by atoms with Crippen LogP contribution in [0.1, 0.15) is 89.3 Å². The van der Waals surface area contributed by atoms with Crippen LogP contribution in [0.3, 0.4) is 0 Å². The molecule has 0 radical (unpaired) electrons. The molecule has 5 heterocycles. The van der Waals surface area contributed by atoms with Crippen molar-refractivity contribution in [2.24, 2.45) is 16.6 Å². The molecule has 0 bridgehead atoms. The van der Waals surface area contributed by atoms with Gasteiger partial charge in [-0.2, -0.15) is 5.26 Å². The lowest BCUT2D eigenvalue weighted by atomic mass is 9.48. The summed E-state index contributed by atoms with van der Waals surface area (Å²) in [5.74, 6) is -1.37. The van der Waals surface area contributed by atoms with E-state index in [0.29, 0.717) is 29.0 Å². The molecule has 0 spiro atoms. The summed E-state index contributed by atoms with van der Waals surface area (Å²) in [6.07, 6.45) is 4.43. The Morgan fingerprint density at radius 1 is 0.950 bits per heavy atom. The van der Waals surface area contributed by atoms with E-state index in [1.165, 1.54) is 11.1 Å². The van der Waals surface area contributed by atoms with Crippen molar-refractivity contribution >= 4 is 47.0 Å². The van der Waals surface area contributed by atoms with Crippen LogP contribution in [-0.2, 0) is 16.0 Å². The number of hydrogen-bond acceptors (Lipinski definition) is 12. The molecule has 2 saturated heterocycles. The van der Waals surface area contributed by atoms with E-state index in [0.717, 1.165) is 55.6 Å². The van der Waals surface area contributed by atoms with E-state index in [2.05, 4.69) is 25.1 Å². The highest BCUT2D eigenvalue weighted by Gasteiger charge is 2.68. The fourth-order valence-corrected chi connectivity index (χ4v) is 10.00. The molecule has 1 saturated carbocycles. The number of carbonyl (C=O) groups excluding carboxylic acids is 5. The molecule has 60 heavy (non-hydrogen) atoms. The lowest BCUT2D eigenvalue weighted by molar-refractivity contribution is -0.216. The van der Waals surface area contributed by atoms with Gasteiger partial charge in [0.05, 0.1) is 50.9 Å². The normalized spacial score (nSPS) is 22.4. The number of amides is 5. The quantitative estimate of drug-likeness (QED) is 0.213. The number of piperazine rings is 1. The molecule has 3 aliphatic heterocycles. The lowest BCUT2D eigenvalue weighted by Gasteiger charge is -2.65. The van der Waals surface area contributed by atoms with E-state index in [4.69, 9.17) is 22.1 Å². The summed E-state index contributed by atoms with van der Waals surface area (Å²) < 4.78 is 7.96. The lowest BCUT2D eigenvalue weighted by Crippen LogP contribution is -2.77. The van der Waals surface area contributed by atoms with Crippen molar-refractivity contribution in [3.05, 3.63) is 93.9 Å². The average Bonchev–Trinajstić information content (AvgIpc) is 3.80. The number of nitriles is 1. The number of primary amides is 1. The first-order valence-corrected chi connectivity index (χ1v) is 20.4. The van der Waals surface area contributed by atoms with Crippen LogP contribution in [0, 0.1) is 22.2 Å². The summed E-state index contributed by atoms with van der Waals surface area (Å²) >= 11 is 6.27. The van der Waals surface area contributed by atoms with Gasteiger partial charge in [-0.3, -0.25) is 38.7 Å². The van der Waals surface area contributed by atoms with Crippen LogP contribution >= 0.6 is 11.6 Å². The van der Waals surface area contributed by atoms with Crippen molar-refractivity contribution in [2.75, 3.05) is 37.6 Å². The van der Waals surface area contributed by atoms with Crippen LogP contribution < -0.4 is 15.4 Å². The molecule has 2 aromatic heterocycles. The number of hydrogen-bond donors (Lipinski definition) is 1. The SMILES string of the molecule is CC1(C)C(Oc2ccc(C#N)c(Cl)c2)C(C)(C)C1N1C(=O)CCC(N2C(=O)c3ccc(-n4cc(CCCN5CCN(c6ccc(C(N)=O)cn6)CC5)nn4)cc3C2=O)C1=O. The second-order valence-electron chi connectivity index (χ2n) is 17.0. The van der Waals surface area contributed by atoms with Gasteiger partial charge in [-0.05, 0) is 68.3 Å². The van der Waals surface area contributed by atoms with E-state index in [1.54, 1.807) is 47.1 Å². The van der Waals surface area contributed by atoms with Gasteiger partial charge in [-0.15, -0.1) is 5.10 Å². The van der Waals surface area contributed by atoms with Crippen molar-refractivity contribution in [3.63, 3.8) is 0 Å². The Kier molecular flexibility index (Phi) is 10.5. The molecule has 1 unspecified atom stereocenters. The minimum Gasteiger partial charge on any atom is -0.489 e. The van der Waals surface area contributed by atoms with E-state index in [9.17, 15) is 29.2 Å². The number of likely N-dealkylation sites (tertiary alicyclic amines) is 1. The van der Waals surface area contributed by atoms with E-state index in [-0.39, 0.29) is 34.9 Å². The summed E-state index contributed by atoms with van der Waals surface area (Å²) in [5.41, 5.74) is 6.25. The van der Waals surface area contributed by atoms with Crippen LogP contribution in [-0.4, -0.2) is 115 Å². The van der Waals surface area contributed by atoms with Gasteiger partial charge < -0.3 is 15.4 Å². The van der Waals surface area contributed by atoms with Crippen LogP contribution in [0.5, 0.6) is 5.75 Å². The molecule has 4 aliphatic rings. The fourth-order valence-electron chi connectivity index (χ4n) is 9.79. The number of aromatic nitrogens is 4. The van der Waals surface area contributed by atoms with Crippen LogP contribution in [0.2, 0.25) is 5.02 Å². The molecular formula is C43H45ClN10O6. The Morgan fingerprint density at radius 3 is 2.35 bits per heavy atom. The van der Waals surface area contributed by atoms with Crippen molar-refractivity contribution in [1.82, 2.24) is 34.7 Å². The van der Waals surface area contributed by atoms with Crippen molar-refractivity contribution in [3.8, 4) is 17.5 Å². The number of halogens is 1. The number of piperidine rings is 1. The van der Waals surface area contributed by atoms with Crippen molar-refractivity contribution in [2.45, 2.75) is 71.6 Å². The first kappa shape index (κ1) is 40.6. The first-order chi connectivity index (χ1) is 28.6. The number of imide groups is 2. The van der Waals surface area contributed by atoms with Crippen molar-refractivity contribution in [1.29, 1.82) is 5.26 Å². The molecule has 310 valence electrons. The number of ether oxygens (including phenoxy) is 1. The Labute approximate surface area is 351 Å². The number of rotatable bonds is 11. The van der Waals surface area contributed by atoms with Crippen molar-refractivity contribution < 1.29 is 28.7 Å². The van der Waals surface area contributed by atoms with Gasteiger partial charge in [-0.25, -0.2) is 9.67 Å². The monoisotopic (exact) mass is 832 g/mol. The maximum Gasteiger partial charge on any atom is 0.262 e. The molecule has 1 atom stereocenters. The predicted octanol–water partition coefficient (Wildman–Crippen LogP) is 4.04. The highest BCUT2D eigenvalue weighted by molar-refractivity contribution is 6.31. The Balaban J connectivity index is 0.893. The molecule has 3 fully saturated rings. The van der Waals surface area contributed by atoms with Crippen LogP contribution in [0.25, 0.3) is 5.69 Å². The number of benzene rings is 2. The highest BCUT2D eigenvalue weighted by Crippen LogP contribution is 2.58. The Hall–Kier alpha value is -6.18. The van der Waals surface area contributed by atoms with Gasteiger partial charge >= 0.3 is 0 Å². The zero-order valence-corrected chi connectivity index (χ0v) is 34.6. The van der Waals surface area contributed by atoms with Gasteiger partial charge in [0, 0.05) is 55.7 Å². The summed E-state index contributed by atoms with van der Waals surface area (Å²) in [5, 5.41) is 18.2. The molecule has 16 nitrogen and oxygen atoms in total. The minimum atomic E-state index is -1.16. The molecule has 8 rings (SSSR count). The highest BCUT2D eigenvalue weighted by atomic mass is 35.5. The number of anilines is 1. The van der Waals surface area contributed by atoms with E-state index < -0.39 is 52.6 Å². The third kappa shape index (κ3) is 7.05. The number of nitrogens with two attached hydrogens (primary N) is 1. The smallest absolute Gasteiger partial charge is 0.262 e.